The van der Waals surface area contributed by atoms with Crippen LogP contribution < -0.4 is 5.56 Å². The Bertz CT molecular complexity index is 1340. The Labute approximate surface area is 194 Å². The van der Waals surface area contributed by atoms with Crippen LogP contribution in [0, 0.1) is 0 Å². The lowest BCUT2D eigenvalue weighted by atomic mass is 9.97. The number of halogens is 1. The van der Waals surface area contributed by atoms with Crippen molar-refractivity contribution in [2.45, 2.75) is 38.0 Å². The first-order valence-corrected chi connectivity index (χ1v) is 12.1. The van der Waals surface area contributed by atoms with Crippen LogP contribution in [0.1, 0.15) is 42.4 Å². The van der Waals surface area contributed by atoms with Crippen LogP contribution in [0.5, 0.6) is 0 Å². The zero-order chi connectivity index (χ0) is 22.1. The number of hydrogen-bond acceptors (Lipinski definition) is 5. The maximum Gasteiger partial charge on any atom is 0.258 e. The van der Waals surface area contributed by atoms with Crippen LogP contribution in [-0.4, -0.2) is 38.8 Å². The highest BCUT2D eigenvalue weighted by molar-refractivity contribution is 7.18. The van der Waals surface area contributed by atoms with E-state index in [2.05, 4.69) is 9.97 Å². The molecule has 1 fully saturated rings. The smallest absolute Gasteiger partial charge is 0.258 e. The molecule has 0 aliphatic carbocycles. The number of nitrogens with zero attached hydrogens (tertiary/aromatic N) is 3. The number of amides is 1. The minimum atomic E-state index is -0.129. The van der Waals surface area contributed by atoms with E-state index in [1.165, 1.54) is 0 Å². The highest BCUT2D eigenvalue weighted by Gasteiger charge is 2.25. The molecular weight excluding hydrogens is 444 g/mol. The van der Waals surface area contributed by atoms with Crippen LogP contribution in [0.2, 0.25) is 5.02 Å². The van der Waals surface area contributed by atoms with Crippen LogP contribution >= 0.6 is 22.9 Å². The van der Waals surface area contributed by atoms with Crippen LogP contribution in [-0.2, 0) is 11.2 Å². The van der Waals surface area contributed by atoms with Gasteiger partial charge in [-0.2, -0.15) is 0 Å². The van der Waals surface area contributed by atoms with E-state index in [1.807, 2.05) is 41.3 Å². The number of aromatic amines is 1. The first-order valence-electron chi connectivity index (χ1n) is 10.9. The predicted molar refractivity (Wildman–Crippen MR) is 128 cm³/mol. The summed E-state index contributed by atoms with van der Waals surface area (Å²) < 4.78 is 1.16. The normalized spacial score (nSPS) is 15.0. The lowest BCUT2D eigenvalue weighted by Crippen LogP contribution is -2.37. The Balaban J connectivity index is 1.14. The van der Waals surface area contributed by atoms with Gasteiger partial charge in [0.05, 0.1) is 26.1 Å². The summed E-state index contributed by atoms with van der Waals surface area (Å²) in [5, 5.41) is 2.44. The Morgan fingerprint density at radius 1 is 1.12 bits per heavy atom. The number of carbonyl (C=O) groups is 1. The standard InChI is InChI=1S/C24H23ClN4O2S/c25-16-8-9-20-19(14-16)27-24(32-20)15-10-12-29(13-11-15)22(30)7-3-6-21-26-18-5-2-1-4-17(18)23(31)28-21/h1-2,4-5,8-9,14-15H,3,6-7,10-13H2,(H,26,28,31). The SMILES string of the molecule is O=C(CCCc1nc2ccccc2c(=O)[nH]1)N1CCC(c2nc3cc(Cl)ccc3s2)CC1. The van der Waals surface area contributed by atoms with Gasteiger partial charge in [0, 0.05) is 36.9 Å². The van der Waals surface area contributed by atoms with Crippen molar-refractivity contribution in [3.05, 3.63) is 68.7 Å². The average Bonchev–Trinajstić information content (AvgIpc) is 3.22. The van der Waals surface area contributed by atoms with E-state index < -0.39 is 0 Å². The molecule has 164 valence electrons. The molecule has 8 heteroatoms. The van der Waals surface area contributed by atoms with Crippen molar-refractivity contribution in [3.63, 3.8) is 0 Å². The number of H-pyrrole nitrogens is 1. The number of benzene rings is 2. The summed E-state index contributed by atoms with van der Waals surface area (Å²) in [6.07, 6.45) is 3.56. The number of aryl methyl sites for hydroxylation is 1. The molecule has 1 saturated heterocycles. The second kappa shape index (κ2) is 9.00. The van der Waals surface area contributed by atoms with Gasteiger partial charge in [0.1, 0.15) is 5.82 Å². The monoisotopic (exact) mass is 466 g/mol. The van der Waals surface area contributed by atoms with Crippen molar-refractivity contribution in [2.24, 2.45) is 0 Å². The van der Waals surface area contributed by atoms with E-state index in [0.29, 0.717) is 46.9 Å². The molecule has 2 aromatic carbocycles. The summed E-state index contributed by atoms with van der Waals surface area (Å²) >= 11 is 7.81. The summed E-state index contributed by atoms with van der Waals surface area (Å²) in [4.78, 5) is 39.0. The van der Waals surface area contributed by atoms with Crippen LogP contribution in [0.15, 0.2) is 47.3 Å². The van der Waals surface area contributed by atoms with E-state index in [9.17, 15) is 9.59 Å². The minimum Gasteiger partial charge on any atom is -0.343 e. The number of carbonyl (C=O) groups excluding carboxylic acids is 1. The zero-order valence-electron chi connectivity index (χ0n) is 17.5. The molecule has 0 atom stereocenters. The summed E-state index contributed by atoms with van der Waals surface area (Å²) in [7, 11) is 0. The van der Waals surface area contributed by atoms with Gasteiger partial charge in [0.15, 0.2) is 0 Å². The number of likely N-dealkylation sites (tertiary alicyclic amines) is 1. The van der Waals surface area contributed by atoms with Crippen molar-refractivity contribution >= 4 is 50.0 Å². The van der Waals surface area contributed by atoms with E-state index in [1.54, 1.807) is 17.4 Å². The van der Waals surface area contributed by atoms with Gasteiger partial charge in [-0.05, 0) is 49.6 Å². The highest BCUT2D eigenvalue weighted by Crippen LogP contribution is 2.34. The van der Waals surface area contributed by atoms with E-state index in [-0.39, 0.29) is 11.5 Å². The lowest BCUT2D eigenvalue weighted by molar-refractivity contribution is -0.132. The summed E-state index contributed by atoms with van der Waals surface area (Å²) in [6.45, 7) is 1.51. The fourth-order valence-electron chi connectivity index (χ4n) is 4.29. The molecule has 6 nitrogen and oxygen atoms in total. The highest BCUT2D eigenvalue weighted by atomic mass is 35.5. The van der Waals surface area contributed by atoms with Crippen LogP contribution in [0.25, 0.3) is 21.1 Å². The molecule has 0 bridgehead atoms. The predicted octanol–water partition coefficient (Wildman–Crippen LogP) is 4.92. The Morgan fingerprint density at radius 2 is 1.94 bits per heavy atom. The molecule has 0 saturated carbocycles. The van der Waals surface area contributed by atoms with Crippen molar-refractivity contribution in [2.75, 3.05) is 13.1 Å². The van der Waals surface area contributed by atoms with Gasteiger partial charge < -0.3 is 9.88 Å². The molecule has 3 heterocycles. The van der Waals surface area contributed by atoms with Gasteiger partial charge in [0.25, 0.3) is 5.56 Å². The number of thiazole rings is 1. The average molecular weight is 467 g/mol. The first-order chi connectivity index (χ1) is 15.6. The fraction of sp³-hybridized carbons (Fsp3) is 0.333. The number of hydrogen-bond donors (Lipinski definition) is 1. The first kappa shape index (κ1) is 21.1. The quantitative estimate of drug-likeness (QED) is 0.453. The molecule has 1 aliphatic rings. The Morgan fingerprint density at radius 3 is 2.78 bits per heavy atom. The summed E-state index contributed by atoms with van der Waals surface area (Å²) in [6, 6.07) is 13.1. The molecular formula is C24H23ClN4O2S. The molecule has 0 unspecified atom stereocenters. The molecule has 32 heavy (non-hydrogen) atoms. The molecule has 4 aromatic rings. The molecule has 1 N–H and O–H groups in total. The van der Waals surface area contributed by atoms with E-state index >= 15 is 0 Å². The minimum absolute atomic E-state index is 0.129. The third-order valence-corrected chi connectivity index (χ3v) is 7.46. The van der Waals surface area contributed by atoms with Crippen LogP contribution in [0.4, 0.5) is 0 Å². The van der Waals surface area contributed by atoms with Crippen molar-refractivity contribution in [1.82, 2.24) is 19.9 Å². The van der Waals surface area contributed by atoms with Gasteiger partial charge in [-0.15, -0.1) is 11.3 Å². The number of para-hydroxylation sites is 1. The van der Waals surface area contributed by atoms with Crippen molar-refractivity contribution in [3.8, 4) is 0 Å². The topological polar surface area (TPSA) is 79.0 Å². The van der Waals surface area contributed by atoms with E-state index in [4.69, 9.17) is 16.6 Å². The van der Waals surface area contributed by atoms with Gasteiger partial charge in [-0.25, -0.2) is 9.97 Å². The number of nitrogens with one attached hydrogen (secondary N) is 1. The summed E-state index contributed by atoms with van der Waals surface area (Å²) in [5.74, 6) is 1.20. The van der Waals surface area contributed by atoms with Gasteiger partial charge >= 0.3 is 0 Å². The fourth-order valence-corrected chi connectivity index (χ4v) is 5.57. The molecule has 0 radical (unpaired) electrons. The number of rotatable bonds is 5. The van der Waals surface area contributed by atoms with Gasteiger partial charge in [-0.3, -0.25) is 9.59 Å². The zero-order valence-corrected chi connectivity index (χ0v) is 19.1. The lowest BCUT2D eigenvalue weighted by Gasteiger charge is -2.31. The van der Waals surface area contributed by atoms with Gasteiger partial charge in [-0.1, -0.05) is 23.7 Å². The maximum atomic E-state index is 12.7. The largest absolute Gasteiger partial charge is 0.343 e. The number of fused-ring (bicyclic) bond motifs is 2. The van der Waals surface area contributed by atoms with Gasteiger partial charge in [0.2, 0.25) is 5.91 Å². The second-order valence-corrected chi connectivity index (χ2v) is 9.70. The Hall–Kier alpha value is -2.77. The third kappa shape index (κ3) is 4.40. The molecule has 2 aromatic heterocycles. The van der Waals surface area contributed by atoms with Crippen LogP contribution in [0.3, 0.4) is 0 Å². The summed E-state index contributed by atoms with van der Waals surface area (Å²) in [5.41, 5.74) is 1.52. The molecule has 0 spiro atoms. The Kier molecular flexibility index (Phi) is 5.93. The number of piperidine rings is 1. The van der Waals surface area contributed by atoms with Crippen molar-refractivity contribution < 1.29 is 4.79 Å². The third-order valence-electron chi connectivity index (χ3n) is 6.03. The number of aromatic nitrogens is 3. The molecule has 1 aliphatic heterocycles. The maximum absolute atomic E-state index is 12.7. The van der Waals surface area contributed by atoms with Crippen molar-refractivity contribution in [1.29, 1.82) is 0 Å². The van der Waals surface area contributed by atoms with E-state index in [0.717, 1.165) is 41.2 Å². The molecule has 1 amide bonds. The second-order valence-electron chi connectivity index (χ2n) is 8.20. The molecule has 5 rings (SSSR count).